The van der Waals surface area contributed by atoms with Crippen molar-refractivity contribution in [1.82, 2.24) is 9.21 Å². The zero-order valence-corrected chi connectivity index (χ0v) is 14.6. The Morgan fingerprint density at radius 2 is 1.72 bits per heavy atom. The number of benzene rings is 1. The number of hydrogen-bond donors (Lipinski definition) is 0. The van der Waals surface area contributed by atoms with E-state index in [1.54, 1.807) is 24.5 Å². The molecule has 0 atom stereocenters. The van der Waals surface area contributed by atoms with Gasteiger partial charge in [-0.05, 0) is 24.3 Å². The maximum absolute atomic E-state index is 12.9. The molecule has 0 spiro atoms. The summed E-state index contributed by atoms with van der Waals surface area (Å²) >= 11 is 0. The number of sulfonamides is 1. The minimum atomic E-state index is -3.53. The van der Waals surface area contributed by atoms with E-state index in [4.69, 9.17) is 13.9 Å². The summed E-state index contributed by atoms with van der Waals surface area (Å²) in [5.74, 6) is 1.97. The van der Waals surface area contributed by atoms with E-state index in [0.717, 1.165) is 5.76 Å². The second-order valence-corrected chi connectivity index (χ2v) is 8.00. The third kappa shape index (κ3) is 3.37. The molecule has 25 heavy (non-hydrogen) atoms. The van der Waals surface area contributed by atoms with Crippen molar-refractivity contribution in [3.8, 4) is 11.5 Å². The monoisotopic (exact) mass is 364 g/mol. The summed E-state index contributed by atoms with van der Waals surface area (Å²) < 4.78 is 43.6. The molecule has 0 aliphatic carbocycles. The maximum atomic E-state index is 12.9. The van der Waals surface area contributed by atoms with Gasteiger partial charge >= 0.3 is 0 Å². The lowest BCUT2D eigenvalue weighted by Crippen LogP contribution is -2.48. The van der Waals surface area contributed by atoms with Gasteiger partial charge in [0.15, 0.2) is 11.5 Å². The second-order valence-electron chi connectivity index (χ2n) is 6.07. The van der Waals surface area contributed by atoms with Crippen molar-refractivity contribution in [3.05, 3.63) is 42.4 Å². The van der Waals surface area contributed by atoms with Gasteiger partial charge in [0, 0.05) is 32.2 Å². The van der Waals surface area contributed by atoms with E-state index in [9.17, 15) is 8.42 Å². The first-order valence-electron chi connectivity index (χ1n) is 8.27. The quantitative estimate of drug-likeness (QED) is 0.820. The summed E-state index contributed by atoms with van der Waals surface area (Å²) in [5, 5.41) is 0. The molecule has 1 aromatic heterocycles. The zero-order valence-electron chi connectivity index (χ0n) is 13.8. The van der Waals surface area contributed by atoms with Gasteiger partial charge < -0.3 is 13.9 Å². The molecular weight excluding hydrogens is 344 g/mol. The lowest BCUT2D eigenvalue weighted by Gasteiger charge is -2.33. The molecule has 0 radical (unpaired) electrons. The van der Waals surface area contributed by atoms with Crippen molar-refractivity contribution in [2.45, 2.75) is 11.4 Å². The Morgan fingerprint density at radius 3 is 2.44 bits per heavy atom. The summed E-state index contributed by atoms with van der Waals surface area (Å²) in [6.45, 7) is 3.87. The number of piperazine rings is 1. The van der Waals surface area contributed by atoms with Crippen molar-refractivity contribution in [1.29, 1.82) is 0 Å². The van der Waals surface area contributed by atoms with E-state index in [0.29, 0.717) is 57.4 Å². The average Bonchev–Trinajstić information content (AvgIpc) is 3.15. The van der Waals surface area contributed by atoms with Crippen LogP contribution in [0.3, 0.4) is 0 Å². The van der Waals surface area contributed by atoms with E-state index < -0.39 is 10.0 Å². The van der Waals surface area contributed by atoms with Crippen LogP contribution in [0.1, 0.15) is 5.76 Å². The van der Waals surface area contributed by atoms with Gasteiger partial charge in [-0.25, -0.2) is 8.42 Å². The Bertz CT molecular complexity index is 827. The first kappa shape index (κ1) is 16.4. The zero-order chi connectivity index (χ0) is 17.3. The predicted molar refractivity (Wildman–Crippen MR) is 90.2 cm³/mol. The molecule has 0 bridgehead atoms. The van der Waals surface area contributed by atoms with Crippen LogP contribution in [0.5, 0.6) is 11.5 Å². The molecule has 2 aliphatic rings. The molecule has 1 aromatic carbocycles. The Kier molecular flexibility index (Phi) is 4.41. The SMILES string of the molecule is O=S(=O)(c1ccc2c(c1)OCCO2)N1CCN(Cc2ccco2)CC1. The van der Waals surface area contributed by atoms with Gasteiger partial charge in [-0.15, -0.1) is 0 Å². The van der Waals surface area contributed by atoms with Gasteiger partial charge in [-0.1, -0.05) is 0 Å². The van der Waals surface area contributed by atoms with Crippen LogP contribution < -0.4 is 9.47 Å². The number of nitrogens with zero attached hydrogens (tertiary/aromatic N) is 2. The fraction of sp³-hybridized carbons (Fsp3) is 0.412. The van der Waals surface area contributed by atoms with Crippen LogP contribution in [0, 0.1) is 0 Å². The number of fused-ring (bicyclic) bond motifs is 1. The highest BCUT2D eigenvalue weighted by atomic mass is 32.2. The number of hydrogen-bond acceptors (Lipinski definition) is 6. The van der Waals surface area contributed by atoms with Crippen LogP contribution in [0.25, 0.3) is 0 Å². The molecule has 2 aromatic rings. The molecule has 0 unspecified atom stereocenters. The van der Waals surface area contributed by atoms with Crippen LogP contribution in [-0.2, 0) is 16.6 Å². The minimum Gasteiger partial charge on any atom is -0.486 e. The van der Waals surface area contributed by atoms with Gasteiger partial charge in [-0.2, -0.15) is 4.31 Å². The Balaban J connectivity index is 1.44. The highest BCUT2D eigenvalue weighted by molar-refractivity contribution is 7.89. The van der Waals surface area contributed by atoms with E-state index in [2.05, 4.69) is 4.90 Å². The molecule has 134 valence electrons. The van der Waals surface area contributed by atoms with Crippen LogP contribution in [-0.4, -0.2) is 57.0 Å². The molecule has 2 aliphatic heterocycles. The van der Waals surface area contributed by atoms with Gasteiger partial charge in [-0.3, -0.25) is 4.90 Å². The summed E-state index contributed by atoms with van der Waals surface area (Å²) in [6, 6.07) is 8.59. The summed E-state index contributed by atoms with van der Waals surface area (Å²) in [6.07, 6.45) is 1.65. The van der Waals surface area contributed by atoms with Gasteiger partial charge in [0.25, 0.3) is 0 Å². The molecule has 0 N–H and O–H groups in total. The van der Waals surface area contributed by atoms with Crippen molar-refractivity contribution >= 4 is 10.0 Å². The Hall–Kier alpha value is -2.03. The number of ether oxygens (including phenoxy) is 2. The van der Waals surface area contributed by atoms with Crippen LogP contribution >= 0.6 is 0 Å². The van der Waals surface area contributed by atoms with Crippen molar-refractivity contribution in [3.63, 3.8) is 0 Å². The van der Waals surface area contributed by atoms with Gasteiger partial charge in [0.05, 0.1) is 17.7 Å². The van der Waals surface area contributed by atoms with Gasteiger partial charge in [0.2, 0.25) is 10.0 Å². The molecule has 3 heterocycles. The summed E-state index contributed by atoms with van der Waals surface area (Å²) in [4.78, 5) is 2.44. The molecule has 1 saturated heterocycles. The fourth-order valence-electron chi connectivity index (χ4n) is 3.08. The number of furan rings is 1. The molecule has 8 heteroatoms. The molecule has 1 fully saturated rings. The molecular formula is C17H20N2O5S. The lowest BCUT2D eigenvalue weighted by atomic mass is 10.3. The standard InChI is InChI=1S/C17H20N2O5S/c20-25(21,15-3-4-16-17(12-15)24-11-10-23-16)19-7-5-18(6-8-19)13-14-2-1-9-22-14/h1-4,9,12H,5-8,10-11,13H2. The second kappa shape index (κ2) is 6.70. The third-order valence-corrected chi connectivity index (χ3v) is 6.34. The highest BCUT2D eigenvalue weighted by Crippen LogP contribution is 2.33. The third-order valence-electron chi connectivity index (χ3n) is 4.44. The van der Waals surface area contributed by atoms with Crippen LogP contribution in [0.15, 0.2) is 45.9 Å². The van der Waals surface area contributed by atoms with Crippen molar-refractivity contribution in [2.75, 3.05) is 39.4 Å². The minimum absolute atomic E-state index is 0.247. The summed E-state index contributed by atoms with van der Waals surface area (Å²) in [7, 11) is -3.53. The fourth-order valence-corrected chi connectivity index (χ4v) is 4.52. The van der Waals surface area contributed by atoms with Crippen molar-refractivity contribution < 1.29 is 22.3 Å². The lowest BCUT2D eigenvalue weighted by molar-refractivity contribution is 0.169. The first-order chi connectivity index (χ1) is 12.1. The van der Waals surface area contributed by atoms with E-state index in [1.807, 2.05) is 12.1 Å². The molecule has 0 amide bonds. The smallest absolute Gasteiger partial charge is 0.243 e. The molecule has 0 saturated carbocycles. The van der Waals surface area contributed by atoms with E-state index in [1.165, 1.54) is 4.31 Å². The summed E-state index contributed by atoms with van der Waals surface area (Å²) in [5.41, 5.74) is 0. The molecule has 4 rings (SSSR count). The average molecular weight is 364 g/mol. The first-order valence-corrected chi connectivity index (χ1v) is 9.71. The highest BCUT2D eigenvalue weighted by Gasteiger charge is 2.29. The van der Waals surface area contributed by atoms with Crippen LogP contribution in [0.2, 0.25) is 0 Å². The maximum Gasteiger partial charge on any atom is 0.243 e. The van der Waals surface area contributed by atoms with Crippen LogP contribution in [0.4, 0.5) is 0 Å². The van der Waals surface area contributed by atoms with E-state index in [-0.39, 0.29) is 4.90 Å². The Morgan fingerprint density at radius 1 is 0.960 bits per heavy atom. The number of rotatable bonds is 4. The van der Waals surface area contributed by atoms with Gasteiger partial charge in [0.1, 0.15) is 19.0 Å². The predicted octanol–water partition coefficient (Wildman–Crippen LogP) is 1.56. The Labute approximate surface area is 146 Å². The normalized spacial score (nSPS) is 19.0. The largest absolute Gasteiger partial charge is 0.486 e. The van der Waals surface area contributed by atoms with E-state index >= 15 is 0 Å². The topological polar surface area (TPSA) is 72.2 Å². The molecule has 7 nitrogen and oxygen atoms in total. The van der Waals surface area contributed by atoms with Crippen molar-refractivity contribution in [2.24, 2.45) is 0 Å².